The van der Waals surface area contributed by atoms with E-state index in [0.29, 0.717) is 41.2 Å². The van der Waals surface area contributed by atoms with Gasteiger partial charge in [-0.15, -0.1) is 0 Å². The maximum atomic E-state index is 13.7. The van der Waals surface area contributed by atoms with Crippen LogP contribution in [-0.4, -0.2) is 23.5 Å². The van der Waals surface area contributed by atoms with Crippen molar-refractivity contribution < 1.29 is 19.1 Å². The number of fused-ring (bicyclic) bond motifs is 1. The molecule has 1 aliphatic carbocycles. The Hall–Kier alpha value is -4.39. The number of aromatic nitrogens is 1. The molecule has 3 aliphatic rings. The average molecular weight is 480 g/mol. The zero-order chi connectivity index (χ0) is 24.6. The molecular weight excluding hydrogens is 454 g/mol. The Labute approximate surface area is 208 Å². The molecule has 1 aromatic heterocycles. The minimum atomic E-state index is -0.531. The van der Waals surface area contributed by atoms with Crippen molar-refractivity contribution in [2.45, 2.75) is 31.6 Å². The van der Waals surface area contributed by atoms with Crippen molar-refractivity contribution in [3.63, 3.8) is 0 Å². The molecule has 180 valence electrons. The van der Waals surface area contributed by atoms with Gasteiger partial charge in [-0.1, -0.05) is 36.4 Å². The van der Waals surface area contributed by atoms with E-state index in [2.05, 4.69) is 27.8 Å². The number of carbonyl (C=O) groups excluding carboxylic acids is 2. The van der Waals surface area contributed by atoms with Crippen LogP contribution >= 0.6 is 0 Å². The second kappa shape index (κ2) is 9.00. The van der Waals surface area contributed by atoms with Crippen LogP contribution in [0.3, 0.4) is 0 Å². The van der Waals surface area contributed by atoms with Crippen molar-refractivity contribution in [1.29, 1.82) is 0 Å². The molecule has 7 heteroatoms. The number of Topliss-reactive ketones (excluding diaryl/α,β-unsaturated/α-hetero) is 1. The third-order valence-electron chi connectivity index (χ3n) is 6.99. The summed E-state index contributed by atoms with van der Waals surface area (Å²) in [6.45, 7) is 2.04. The average Bonchev–Trinajstić information content (AvgIpc) is 3.37. The first-order valence-electron chi connectivity index (χ1n) is 12.0. The van der Waals surface area contributed by atoms with Gasteiger partial charge in [0.2, 0.25) is 6.79 Å². The van der Waals surface area contributed by atoms with E-state index in [1.165, 1.54) is 0 Å². The molecule has 2 aliphatic heterocycles. The van der Waals surface area contributed by atoms with E-state index in [9.17, 15) is 9.59 Å². The molecule has 2 unspecified atom stereocenters. The van der Waals surface area contributed by atoms with Gasteiger partial charge in [0.1, 0.15) is 0 Å². The number of ether oxygens (including phenoxy) is 2. The molecule has 1 amide bonds. The number of allylic oxidation sites excluding steroid dienone is 3. The molecule has 0 radical (unpaired) electrons. The maximum absolute atomic E-state index is 13.7. The standard InChI is InChI=1S/C29H25N3O4/c1-17-26(29(34)32-21-8-5-11-30-15-21)27(19-9-10-24-25(14-19)36-16-35-24)28-22(31-17)12-20(13-23(28)33)18-6-3-2-4-7-18/h2-11,14-15,20,27,31H,12-13,16H2,1H3,(H,32,34). The Morgan fingerprint density at radius 1 is 1.00 bits per heavy atom. The van der Waals surface area contributed by atoms with Crippen LogP contribution in [0.2, 0.25) is 0 Å². The molecule has 0 spiro atoms. The highest BCUT2D eigenvalue weighted by atomic mass is 16.7. The minimum absolute atomic E-state index is 0.0412. The van der Waals surface area contributed by atoms with Crippen LogP contribution in [0.25, 0.3) is 0 Å². The van der Waals surface area contributed by atoms with Crippen molar-refractivity contribution >= 4 is 17.4 Å². The SMILES string of the molecule is CC1=C(C(=O)Nc2cccnc2)C(c2ccc3c(c2)OCO3)C2=C(CC(c3ccccc3)CC2=O)N1. The predicted octanol–water partition coefficient (Wildman–Crippen LogP) is 4.81. The van der Waals surface area contributed by atoms with Gasteiger partial charge in [-0.3, -0.25) is 14.6 Å². The lowest BCUT2D eigenvalue weighted by atomic mass is 9.71. The van der Waals surface area contributed by atoms with Gasteiger partial charge in [-0.2, -0.15) is 0 Å². The Bertz CT molecular complexity index is 1410. The number of nitrogens with one attached hydrogen (secondary N) is 2. The van der Waals surface area contributed by atoms with E-state index in [1.807, 2.05) is 43.3 Å². The number of carbonyl (C=O) groups is 2. The number of anilines is 1. The summed E-state index contributed by atoms with van der Waals surface area (Å²) in [7, 11) is 0. The van der Waals surface area contributed by atoms with Crippen LogP contribution in [-0.2, 0) is 9.59 Å². The van der Waals surface area contributed by atoms with Gasteiger partial charge in [-0.25, -0.2) is 0 Å². The molecule has 7 nitrogen and oxygen atoms in total. The monoisotopic (exact) mass is 479 g/mol. The Morgan fingerprint density at radius 3 is 2.64 bits per heavy atom. The van der Waals surface area contributed by atoms with Gasteiger partial charge >= 0.3 is 0 Å². The Kier molecular flexibility index (Phi) is 5.52. The molecule has 0 fully saturated rings. The lowest BCUT2D eigenvalue weighted by Crippen LogP contribution is -2.37. The lowest BCUT2D eigenvalue weighted by molar-refractivity contribution is -0.116. The van der Waals surface area contributed by atoms with Crippen LogP contribution in [0, 0.1) is 0 Å². The van der Waals surface area contributed by atoms with Crippen LogP contribution in [0.4, 0.5) is 5.69 Å². The van der Waals surface area contributed by atoms with Gasteiger partial charge in [-0.05, 0) is 54.7 Å². The summed E-state index contributed by atoms with van der Waals surface area (Å²) in [4.78, 5) is 31.5. The number of hydrogen-bond acceptors (Lipinski definition) is 6. The molecule has 2 aromatic carbocycles. The molecular formula is C29H25N3O4. The van der Waals surface area contributed by atoms with Crippen molar-refractivity contribution in [3.8, 4) is 11.5 Å². The van der Waals surface area contributed by atoms with E-state index in [0.717, 1.165) is 22.5 Å². The number of nitrogens with zero attached hydrogens (tertiary/aromatic N) is 1. The van der Waals surface area contributed by atoms with Crippen molar-refractivity contribution in [1.82, 2.24) is 10.3 Å². The molecule has 36 heavy (non-hydrogen) atoms. The van der Waals surface area contributed by atoms with E-state index in [4.69, 9.17) is 9.47 Å². The quantitative estimate of drug-likeness (QED) is 0.558. The van der Waals surface area contributed by atoms with Crippen molar-refractivity contribution in [2.24, 2.45) is 0 Å². The summed E-state index contributed by atoms with van der Waals surface area (Å²) in [5, 5.41) is 6.37. The second-order valence-electron chi connectivity index (χ2n) is 9.24. The van der Waals surface area contributed by atoms with E-state index in [-0.39, 0.29) is 24.4 Å². The first-order chi connectivity index (χ1) is 17.6. The highest BCUT2D eigenvalue weighted by molar-refractivity contribution is 6.10. The smallest absolute Gasteiger partial charge is 0.254 e. The summed E-state index contributed by atoms with van der Waals surface area (Å²) in [5.41, 5.74) is 5.28. The number of pyridine rings is 1. The van der Waals surface area contributed by atoms with Crippen molar-refractivity contribution in [3.05, 3.63) is 107 Å². The van der Waals surface area contributed by atoms with E-state index < -0.39 is 5.92 Å². The number of amides is 1. The predicted molar refractivity (Wildman–Crippen MR) is 134 cm³/mol. The summed E-state index contributed by atoms with van der Waals surface area (Å²) in [5.74, 6) is 0.587. The lowest BCUT2D eigenvalue weighted by Gasteiger charge is -2.37. The number of dihydropyridines is 1. The summed E-state index contributed by atoms with van der Waals surface area (Å²) in [6.07, 6.45) is 4.34. The van der Waals surface area contributed by atoms with Gasteiger partial charge < -0.3 is 20.1 Å². The highest BCUT2D eigenvalue weighted by Crippen LogP contribution is 2.47. The highest BCUT2D eigenvalue weighted by Gasteiger charge is 2.41. The van der Waals surface area contributed by atoms with Gasteiger partial charge in [0.05, 0.1) is 11.9 Å². The van der Waals surface area contributed by atoms with E-state index >= 15 is 0 Å². The number of benzene rings is 2. The summed E-state index contributed by atoms with van der Waals surface area (Å²) >= 11 is 0. The normalized spacial score (nSPS) is 20.6. The van der Waals surface area contributed by atoms with Gasteiger partial charge in [0.15, 0.2) is 17.3 Å². The third kappa shape index (κ3) is 3.92. The third-order valence-corrected chi connectivity index (χ3v) is 6.99. The zero-order valence-corrected chi connectivity index (χ0v) is 19.8. The molecule has 6 rings (SSSR count). The van der Waals surface area contributed by atoms with Crippen LogP contribution in [0.15, 0.2) is 95.6 Å². The molecule has 0 bridgehead atoms. The zero-order valence-electron chi connectivity index (χ0n) is 19.8. The van der Waals surface area contributed by atoms with Gasteiger partial charge in [0.25, 0.3) is 5.91 Å². The molecule has 0 saturated heterocycles. The van der Waals surface area contributed by atoms with Crippen LogP contribution in [0.5, 0.6) is 11.5 Å². The summed E-state index contributed by atoms with van der Waals surface area (Å²) < 4.78 is 11.1. The molecule has 0 saturated carbocycles. The minimum Gasteiger partial charge on any atom is -0.454 e. The maximum Gasteiger partial charge on any atom is 0.254 e. The fourth-order valence-electron chi connectivity index (χ4n) is 5.36. The largest absolute Gasteiger partial charge is 0.454 e. The Morgan fingerprint density at radius 2 is 1.83 bits per heavy atom. The van der Waals surface area contributed by atoms with Crippen LogP contribution in [0.1, 0.15) is 42.7 Å². The first kappa shape index (κ1) is 22.1. The molecule has 3 aromatic rings. The topological polar surface area (TPSA) is 89.6 Å². The molecule has 2 N–H and O–H groups in total. The Balaban J connectivity index is 1.43. The fourth-order valence-corrected chi connectivity index (χ4v) is 5.36. The molecule has 2 atom stereocenters. The van der Waals surface area contributed by atoms with Gasteiger partial charge in [0, 0.05) is 41.1 Å². The summed E-state index contributed by atoms with van der Waals surface area (Å²) in [6, 6.07) is 19.3. The first-order valence-corrected chi connectivity index (χ1v) is 12.0. The molecule has 3 heterocycles. The second-order valence-corrected chi connectivity index (χ2v) is 9.24. The fraction of sp³-hybridized carbons (Fsp3) is 0.207. The number of hydrogen-bond donors (Lipinski definition) is 2. The van der Waals surface area contributed by atoms with Crippen LogP contribution < -0.4 is 20.1 Å². The number of ketones is 1. The van der Waals surface area contributed by atoms with Crippen molar-refractivity contribution in [2.75, 3.05) is 12.1 Å². The number of rotatable bonds is 4. The van der Waals surface area contributed by atoms with E-state index in [1.54, 1.807) is 24.5 Å².